The van der Waals surface area contributed by atoms with Gasteiger partial charge in [-0.1, -0.05) is 37.3 Å². The number of Topliss-reactive ketones (excluding diaryl/α,β-unsaturated/α-hetero) is 1. The Hall–Kier alpha value is -3.97. The molecule has 0 radical (unpaired) electrons. The van der Waals surface area contributed by atoms with Crippen molar-refractivity contribution in [2.45, 2.75) is 31.6 Å². The SMILES string of the molecule is CCC(NC(=O)C(CC(=O)N1CCOCC1)CS(=O)(=O)Cc1ccccc1)C(=O)c1nnc(-c2ccncc2)o1. The normalized spacial score (nSPS) is 15.3. The minimum absolute atomic E-state index is 0.118. The van der Waals surface area contributed by atoms with Gasteiger partial charge in [-0.15, -0.1) is 10.2 Å². The van der Waals surface area contributed by atoms with Crippen LogP contribution in [0.25, 0.3) is 11.5 Å². The van der Waals surface area contributed by atoms with Crippen LogP contribution in [-0.4, -0.2) is 84.2 Å². The van der Waals surface area contributed by atoms with Crippen molar-refractivity contribution >= 4 is 27.4 Å². The zero-order chi connectivity index (χ0) is 28.5. The van der Waals surface area contributed by atoms with E-state index in [1.54, 1.807) is 66.7 Å². The Labute approximate surface area is 232 Å². The summed E-state index contributed by atoms with van der Waals surface area (Å²) in [6, 6.07) is 10.8. The van der Waals surface area contributed by atoms with Gasteiger partial charge in [-0.2, -0.15) is 0 Å². The van der Waals surface area contributed by atoms with Gasteiger partial charge in [0, 0.05) is 37.5 Å². The topological polar surface area (TPSA) is 162 Å². The average molecular weight is 570 g/mol. The Morgan fingerprint density at radius 2 is 1.73 bits per heavy atom. The molecule has 0 aliphatic carbocycles. The summed E-state index contributed by atoms with van der Waals surface area (Å²) in [5.74, 6) is -3.90. The summed E-state index contributed by atoms with van der Waals surface area (Å²) in [6.45, 7) is 3.14. The number of benzene rings is 1. The highest BCUT2D eigenvalue weighted by atomic mass is 32.2. The number of nitrogens with one attached hydrogen (secondary N) is 1. The predicted molar refractivity (Wildman–Crippen MR) is 144 cm³/mol. The molecule has 2 amide bonds. The van der Waals surface area contributed by atoms with Crippen LogP contribution >= 0.6 is 0 Å². The summed E-state index contributed by atoms with van der Waals surface area (Å²) in [6.07, 6.45) is 2.94. The third kappa shape index (κ3) is 7.79. The van der Waals surface area contributed by atoms with Gasteiger partial charge in [0.2, 0.25) is 23.5 Å². The molecule has 2 aromatic heterocycles. The van der Waals surface area contributed by atoms with Gasteiger partial charge in [0.05, 0.1) is 36.7 Å². The van der Waals surface area contributed by atoms with Crippen LogP contribution < -0.4 is 5.32 Å². The number of carbonyl (C=O) groups excluding carboxylic acids is 3. The second-order valence-electron chi connectivity index (χ2n) is 9.42. The molecular formula is C27H31N5O7S. The maximum atomic E-state index is 13.4. The van der Waals surface area contributed by atoms with Gasteiger partial charge >= 0.3 is 0 Å². The van der Waals surface area contributed by atoms with Crippen molar-refractivity contribution in [3.05, 3.63) is 66.3 Å². The molecular weight excluding hydrogens is 538 g/mol. The van der Waals surface area contributed by atoms with Crippen LogP contribution in [-0.2, 0) is 29.9 Å². The summed E-state index contributed by atoms with van der Waals surface area (Å²) in [4.78, 5) is 45.0. The molecule has 3 heterocycles. The monoisotopic (exact) mass is 569 g/mol. The molecule has 2 atom stereocenters. The molecule has 1 aliphatic rings. The first-order valence-electron chi connectivity index (χ1n) is 12.9. The van der Waals surface area contributed by atoms with E-state index in [4.69, 9.17) is 9.15 Å². The number of rotatable bonds is 12. The third-order valence-electron chi connectivity index (χ3n) is 6.44. The summed E-state index contributed by atoms with van der Waals surface area (Å²) in [5, 5.41) is 10.3. The molecule has 0 spiro atoms. The number of hydrogen-bond acceptors (Lipinski definition) is 10. The number of ketones is 1. The van der Waals surface area contributed by atoms with Gasteiger partial charge in [-0.3, -0.25) is 19.4 Å². The van der Waals surface area contributed by atoms with E-state index in [9.17, 15) is 22.8 Å². The molecule has 4 rings (SSSR count). The Balaban J connectivity index is 1.49. The quantitative estimate of drug-likeness (QED) is 0.318. The van der Waals surface area contributed by atoms with Crippen molar-refractivity contribution in [3.8, 4) is 11.5 Å². The lowest BCUT2D eigenvalue weighted by molar-refractivity contribution is -0.139. The molecule has 212 valence electrons. The van der Waals surface area contributed by atoms with Crippen molar-refractivity contribution in [3.63, 3.8) is 0 Å². The number of ether oxygens (including phenoxy) is 1. The molecule has 0 bridgehead atoms. The molecule has 3 aromatic rings. The number of amides is 2. The second kappa shape index (κ2) is 13.4. The highest BCUT2D eigenvalue weighted by molar-refractivity contribution is 7.90. The molecule has 12 nitrogen and oxygen atoms in total. The number of sulfone groups is 1. The van der Waals surface area contributed by atoms with Crippen LogP contribution in [0.4, 0.5) is 0 Å². The minimum atomic E-state index is -3.78. The van der Waals surface area contributed by atoms with Crippen molar-refractivity contribution in [2.75, 3.05) is 32.1 Å². The van der Waals surface area contributed by atoms with Gasteiger partial charge in [0.1, 0.15) is 0 Å². The molecule has 1 fully saturated rings. The summed E-state index contributed by atoms with van der Waals surface area (Å²) in [5.41, 5.74) is 1.15. The summed E-state index contributed by atoms with van der Waals surface area (Å²) >= 11 is 0. The molecule has 1 N–H and O–H groups in total. The summed E-state index contributed by atoms with van der Waals surface area (Å²) in [7, 11) is -3.78. The van der Waals surface area contributed by atoms with Gasteiger partial charge in [-0.05, 0) is 24.1 Å². The fourth-order valence-corrected chi connectivity index (χ4v) is 6.00. The average Bonchev–Trinajstić information content (AvgIpc) is 3.47. The van der Waals surface area contributed by atoms with Crippen LogP contribution in [0.15, 0.2) is 59.3 Å². The number of hydrogen-bond donors (Lipinski definition) is 1. The van der Waals surface area contributed by atoms with E-state index in [-0.39, 0.29) is 36.3 Å². The highest BCUT2D eigenvalue weighted by Gasteiger charge is 2.33. The first-order valence-corrected chi connectivity index (χ1v) is 14.8. The fraction of sp³-hybridized carbons (Fsp3) is 0.407. The van der Waals surface area contributed by atoms with E-state index in [2.05, 4.69) is 20.5 Å². The minimum Gasteiger partial charge on any atom is -0.414 e. The lowest BCUT2D eigenvalue weighted by Crippen LogP contribution is -2.47. The number of carbonyl (C=O) groups is 3. The zero-order valence-electron chi connectivity index (χ0n) is 22.1. The zero-order valence-corrected chi connectivity index (χ0v) is 22.9. The van der Waals surface area contributed by atoms with Crippen LogP contribution in [0.2, 0.25) is 0 Å². The molecule has 2 unspecified atom stereocenters. The van der Waals surface area contributed by atoms with Gasteiger partial charge in [0.15, 0.2) is 9.84 Å². The first-order chi connectivity index (χ1) is 19.3. The van der Waals surface area contributed by atoms with Gasteiger partial charge < -0.3 is 19.4 Å². The molecule has 1 saturated heterocycles. The third-order valence-corrected chi connectivity index (χ3v) is 8.13. The summed E-state index contributed by atoms with van der Waals surface area (Å²) < 4.78 is 37.0. The number of nitrogens with zero attached hydrogens (tertiary/aromatic N) is 4. The Morgan fingerprint density at radius 3 is 2.40 bits per heavy atom. The van der Waals surface area contributed by atoms with Crippen molar-refractivity contribution in [1.82, 2.24) is 25.4 Å². The second-order valence-corrected chi connectivity index (χ2v) is 11.5. The predicted octanol–water partition coefficient (Wildman–Crippen LogP) is 1.69. The van der Waals surface area contributed by atoms with E-state index in [1.807, 2.05) is 0 Å². The molecule has 0 saturated carbocycles. The van der Waals surface area contributed by atoms with Crippen molar-refractivity contribution in [2.24, 2.45) is 5.92 Å². The maximum absolute atomic E-state index is 13.4. The van der Waals surface area contributed by atoms with Crippen LogP contribution in [0, 0.1) is 5.92 Å². The highest BCUT2D eigenvalue weighted by Crippen LogP contribution is 2.19. The molecule has 13 heteroatoms. The number of morpholine rings is 1. The van der Waals surface area contributed by atoms with Gasteiger partial charge in [0.25, 0.3) is 5.89 Å². The lowest BCUT2D eigenvalue weighted by Gasteiger charge is -2.28. The van der Waals surface area contributed by atoms with Crippen LogP contribution in [0.1, 0.15) is 36.0 Å². The number of aromatic nitrogens is 3. The van der Waals surface area contributed by atoms with Crippen LogP contribution in [0.3, 0.4) is 0 Å². The maximum Gasteiger partial charge on any atom is 0.286 e. The lowest BCUT2D eigenvalue weighted by atomic mass is 10.0. The Morgan fingerprint density at radius 1 is 1.02 bits per heavy atom. The van der Waals surface area contributed by atoms with E-state index >= 15 is 0 Å². The van der Waals surface area contributed by atoms with E-state index in [0.29, 0.717) is 37.4 Å². The molecule has 1 aliphatic heterocycles. The van der Waals surface area contributed by atoms with Gasteiger partial charge in [-0.25, -0.2) is 8.42 Å². The van der Waals surface area contributed by atoms with E-state index in [1.165, 1.54) is 0 Å². The van der Waals surface area contributed by atoms with Crippen molar-refractivity contribution in [1.29, 1.82) is 0 Å². The Bertz CT molecular complexity index is 1410. The standard InChI is InChI=1S/C27H31N5O7S/c1-2-22(24(34)27-31-30-26(39-27)20-8-10-28-11-9-20)29-25(35)21(16-23(33)32-12-14-38-15-13-32)18-40(36,37)17-19-6-4-3-5-7-19/h3-11,21-22H,2,12-18H2,1H3,(H,29,35). The Kier molecular flexibility index (Phi) is 9.72. The first kappa shape index (κ1) is 29.0. The van der Waals surface area contributed by atoms with Crippen molar-refractivity contribution < 1.29 is 32.0 Å². The molecule has 40 heavy (non-hydrogen) atoms. The smallest absolute Gasteiger partial charge is 0.286 e. The van der Waals surface area contributed by atoms with E-state index < -0.39 is 39.2 Å². The largest absolute Gasteiger partial charge is 0.414 e. The molecule has 1 aromatic carbocycles. The van der Waals surface area contributed by atoms with E-state index in [0.717, 1.165) is 0 Å². The van der Waals surface area contributed by atoms with Crippen LogP contribution in [0.5, 0.6) is 0 Å². The fourth-order valence-electron chi connectivity index (χ4n) is 4.30. The number of pyridine rings is 1.